The van der Waals surface area contributed by atoms with E-state index in [1.807, 2.05) is 0 Å². The number of benzene rings is 1. The highest BCUT2D eigenvalue weighted by atomic mass is 32.4. The van der Waals surface area contributed by atoms with Crippen LogP contribution in [0.4, 0.5) is 0 Å². The van der Waals surface area contributed by atoms with E-state index in [0.29, 0.717) is 0 Å². The highest BCUT2D eigenvalue weighted by molar-refractivity contribution is 8.10. The standard InChI is InChI=1S/C15H15OPS/c1-10-3-5-12-9-13(7-10)17(18)15-8-11(2)4-6-14(15)16-12/h3-9,12,17H,1-2H3. The molecule has 0 fully saturated rings. The van der Waals surface area contributed by atoms with Gasteiger partial charge in [0.15, 0.2) is 0 Å². The molecule has 0 saturated carbocycles. The van der Waals surface area contributed by atoms with Gasteiger partial charge in [0.1, 0.15) is 11.9 Å². The lowest BCUT2D eigenvalue weighted by Gasteiger charge is -2.13. The molecule has 3 heteroatoms. The van der Waals surface area contributed by atoms with Crippen molar-refractivity contribution < 1.29 is 4.74 Å². The number of rotatable bonds is 0. The average Bonchev–Trinajstić information content (AvgIpc) is 2.59. The second-order valence-corrected chi connectivity index (χ2v) is 7.78. The zero-order valence-electron chi connectivity index (χ0n) is 10.4. The number of aryl methyl sites for hydroxylation is 1. The molecule has 0 N–H and O–H groups in total. The first kappa shape index (κ1) is 12.0. The topological polar surface area (TPSA) is 9.23 Å². The first-order valence-electron chi connectivity index (χ1n) is 6.04. The van der Waals surface area contributed by atoms with Crippen LogP contribution in [0.25, 0.3) is 0 Å². The molecule has 3 rings (SSSR count). The van der Waals surface area contributed by atoms with Crippen molar-refractivity contribution >= 4 is 23.8 Å². The van der Waals surface area contributed by atoms with Crippen molar-refractivity contribution in [2.75, 3.05) is 0 Å². The van der Waals surface area contributed by atoms with Gasteiger partial charge in [-0.25, -0.2) is 0 Å². The lowest BCUT2D eigenvalue weighted by molar-refractivity contribution is 0.299. The minimum Gasteiger partial charge on any atom is -0.482 e. The van der Waals surface area contributed by atoms with Crippen molar-refractivity contribution in [3.8, 4) is 5.75 Å². The van der Waals surface area contributed by atoms with E-state index in [-0.39, 0.29) is 6.10 Å². The van der Waals surface area contributed by atoms with Crippen LogP contribution in [0.5, 0.6) is 5.75 Å². The Morgan fingerprint density at radius 2 is 2.11 bits per heavy atom. The lowest BCUT2D eigenvalue weighted by Crippen LogP contribution is -2.12. The smallest absolute Gasteiger partial charge is 0.136 e. The van der Waals surface area contributed by atoms with Crippen LogP contribution in [-0.2, 0) is 11.8 Å². The molecule has 1 nitrogen and oxygen atoms in total. The minimum absolute atomic E-state index is 0.0145. The van der Waals surface area contributed by atoms with Crippen molar-refractivity contribution in [2.24, 2.45) is 0 Å². The van der Waals surface area contributed by atoms with Crippen LogP contribution in [0.2, 0.25) is 0 Å². The van der Waals surface area contributed by atoms with Crippen molar-refractivity contribution in [3.63, 3.8) is 0 Å². The summed E-state index contributed by atoms with van der Waals surface area (Å²) in [7, 11) is 0. The molecule has 1 aliphatic carbocycles. The summed E-state index contributed by atoms with van der Waals surface area (Å²) in [5.74, 6) is 0.957. The van der Waals surface area contributed by atoms with Gasteiger partial charge in [0.05, 0.1) is 0 Å². The molecule has 0 radical (unpaired) electrons. The minimum atomic E-state index is -1.13. The molecule has 1 aromatic carbocycles. The van der Waals surface area contributed by atoms with Crippen LogP contribution in [-0.4, -0.2) is 6.10 Å². The largest absolute Gasteiger partial charge is 0.482 e. The Bertz CT molecular complexity index is 625. The van der Waals surface area contributed by atoms with Gasteiger partial charge in [0, 0.05) is 12.0 Å². The molecule has 2 bridgehead atoms. The summed E-state index contributed by atoms with van der Waals surface area (Å²) in [5, 5.41) is 2.48. The van der Waals surface area contributed by atoms with Gasteiger partial charge in [-0.05, 0) is 43.4 Å². The first-order chi connectivity index (χ1) is 8.63. The Hall–Kier alpha value is -1.11. The zero-order chi connectivity index (χ0) is 12.7. The number of fused-ring (bicyclic) bond motifs is 2. The monoisotopic (exact) mass is 274 g/mol. The van der Waals surface area contributed by atoms with Gasteiger partial charge in [-0.15, -0.1) is 0 Å². The van der Waals surface area contributed by atoms with Crippen LogP contribution < -0.4 is 10.0 Å². The van der Waals surface area contributed by atoms with Gasteiger partial charge in [-0.3, -0.25) is 0 Å². The molecule has 2 aliphatic rings. The molecule has 0 aromatic heterocycles. The number of ether oxygens (including phenoxy) is 1. The van der Waals surface area contributed by atoms with E-state index in [4.69, 9.17) is 16.5 Å². The first-order valence-corrected chi connectivity index (χ1v) is 8.67. The van der Waals surface area contributed by atoms with Crippen molar-refractivity contribution in [1.82, 2.24) is 0 Å². The van der Waals surface area contributed by atoms with E-state index in [0.717, 1.165) is 5.75 Å². The van der Waals surface area contributed by atoms with Crippen LogP contribution in [0.1, 0.15) is 12.5 Å². The van der Waals surface area contributed by atoms with E-state index < -0.39 is 6.70 Å². The van der Waals surface area contributed by atoms with Crippen LogP contribution in [0.3, 0.4) is 0 Å². The van der Waals surface area contributed by atoms with E-state index in [1.54, 1.807) is 0 Å². The molecular weight excluding hydrogens is 259 g/mol. The molecule has 0 amide bonds. The second-order valence-electron chi connectivity index (χ2n) is 4.78. The van der Waals surface area contributed by atoms with Crippen LogP contribution >= 0.6 is 6.70 Å². The molecule has 1 heterocycles. The predicted octanol–water partition coefficient (Wildman–Crippen LogP) is 3.46. The summed E-state index contributed by atoms with van der Waals surface area (Å²) in [6.45, 7) is 3.08. The van der Waals surface area contributed by atoms with E-state index in [9.17, 15) is 0 Å². The van der Waals surface area contributed by atoms with E-state index in [2.05, 4.69) is 56.4 Å². The lowest BCUT2D eigenvalue weighted by atomic mass is 10.2. The molecule has 0 spiro atoms. The Labute approximate surface area is 113 Å². The van der Waals surface area contributed by atoms with E-state index >= 15 is 0 Å². The Morgan fingerprint density at radius 1 is 1.28 bits per heavy atom. The maximum absolute atomic E-state index is 6.04. The molecule has 18 heavy (non-hydrogen) atoms. The fourth-order valence-electron chi connectivity index (χ4n) is 2.26. The Morgan fingerprint density at radius 3 is 2.94 bits per heavy atom. The summed E-state index contributed by atoms with van der Waals surface area (Å²) in [5.41, 5.74) is 2.49. The van der Waals surface area contributed by atoms with Crippen LogP contribution in [0.15, 0.2) is 53.4 Å². The zero-order valence-corrected chi connectivity index (χ0v) is 12.3. The highest BCUT2D eigenvalue weighted by Crippen LogP contribution is 2.41. The van der Waals surface area contributed by atoms with Crippen molar-refractivity contribution in [1.29, 1.82) is 0 Å². The van der Waals surface area contributed by atoms with Crippen molar-refractivity contribution in [3.05, 3.63) is 59.0 Å². The van der Waals surface area contributed by atoms with Gasteiger partial charge < -0.3 is 4.74 Å². The fraction of sp³-hybridized carbons (Fsp3) is 0.200. The number of hydrogen-bond acceptors (Lipinski definition) is 2. The Balaban J connectivity index is 2.18. The normalized spacial score (nSPS) is 25.2. The average molecular weight is 274 g/mol. The number of hydrogen-bond donors (Lipinski definition) is 0. The predicted molar refractivity (Wildman–Crippen MR) is 81.9 cm³/mol. The third kappa shape index (κ3) is 2.11. The van der Waals surface area contributed by atoms with Gasteiger partial charge >= 0.3 is 0 Å². The molecule has 1 aromatic rings. The molecule has 2 unspecified atom stereocenters. The molecule has 1 aliphatic heterocycles. The quantitative estimate of drug-likeness (QED) is 0.670. The SMILES string of the molecule is CC1=CC2=CC(C=C1)Oc1ccc(C)cc1[PH]2=S. The third-order valence-corrected chi connectivity index (χ3v) is 6.26. The summed E-state index contributed by atoms with van der Waals surface area (Å²) >= 11 is 5.79. The molecule has 0 saturated heterocycles. The van der Waals surface area contributed by atoms with Crippen molar-refractivity contribution in [2.45, 2.75) is 20.0 Å². The molecule has 92 valence electrons. The summed E-state index contributed by atoms with van der Waals surface area (Å²) in [6.07, 6.45) is 8.60. The van der Waals surface area contributed by atoms with E-state index in [1.165, 1.54) is 21.8 Å². The van der Waals surface area contributed by atoms with Crippen LogP contribution in [0, 0.1) is 6.92 Å². The molecular formula is C15H15OPS. The maximum Gasteiger partial charge on any atom is 0.136 e. The van der Waals surface area contributed by atoms with Gasteiger partial charge in [-0.2, -0.15) is 0 Å². The summed E-state index contributed by atoms with van der Waals surface area (Å²) in [4.78, 5) is 0. The second kappa shape index (κ2) is 4.53. The third-order valence-electron chi connectivity index (χ3n) is 3.18. The van der Waals surface area contributed by atoms with Gasteiger partial charge in [-0.1, -0.05) is 41.2 Å². The summed E-state index contributed by atoms with van der Waals surface area (Å²) in [6, 6.07) is 6.32. The van der Waals surface area contributed by atoms with Gasteiger partial charge in [0.25, 0.3) is 0 Å². The van der Waals surface area contributed by atoms with Gasteiger partial charge in [0.2, 0.25) is 0 Å². The fourth-order valence-corrected chi connectivity index (χ4v) is 4.83. The summed E-state index contributed by atoms with van der Waals surface area (Å²) < 4.78 is 6.04. The maximum atomic E-state index is 6.04. The molecule has 2 atom stereocenters. The Kier molecular flexibility index (Phi) is 3.01. The number of allylic oxidation sites excluding steroid dienone is 4. The highest BCUT2D eigenvalue weighted by Gasteiger charge is 2.20.